The Bertz CT molecular complexity index is 603. The van der Waals surface area contributed by atoms with Gasteiger partial charge in [-0.15, -0.1) is 0 Å². The standard InChI is InChI=1S/C18H23N3O/c1-3-22-13-16-8-6-15(7-9-16)12-20-18(19)21-17-10-4-14(2)5-11-17/h4-11H,3,12-13H2,1-2H3,(H3,19,20,21). The smallest absolute Gasteiger partial charge is 0.193 e. The molecule has 0 unspecified atom stereocenters. The molecule has 0 aliphatic rings. The van der Waals surface area contributed by atoms with Crippen LogP contribution in [0.4, 0.5) is 5.69 Å². The summed E-state index contributed by atoms with van der Waals surface area (Å²) >= 11 is 0. The van der Waals surface area contributed by atoms with Gasteiger partial charge in [0.15, 0.2) is 5.96 Å². The Morgan fingerprint density at radius 1 is 1.05 bits per heavy atom. The normalized spacial score (nSPS) is 11.5. The lowest BCUT2D eigenvalue weighted by molar-refractivity contribution is 0.134. The van der Waals surface area contributed by atoms with Crippen molar-refractivity contribution in [1.29, 1.82) is 0 Å². The van der Waals surface area contributed by atoms with Crippen molar-refractivity contribution in [3.63, 3.8) is 0 Å². The fraction of sp³-hybridized carbons (Fsp3) is 0.278. The van der Waals surface area contributed by atoms with E-state index in [-0.39, 0.29) is 0 Å². The lowest BCUT2D eigenvalue weighted by atomic mass is 10.1. The molecule has 0 atom stereocenters. The maximum Gasteiger partial charge on any atom is 0.193 e. The minimum absolute atomic E-state index is 0.419. The number of aryl methyl sites for hydroxylation is 1. The van der Waals surface area contributed by atoms with Crippen LogP contribution < -0.4 is 11.1 Å². The summed E-state index contributed by atoms with van der Waals surface area (Å²) in [5.41, 5.74) is 10.4. The molecule has 4 heteroatoms. The largest absolute Gasteiger partial charge is 0.377 e. The number of aliphatic imine (C=N–C) groups is 1. The summed E-state index contributed by atoms with van der Waals surface area (Å²) in [6.07, 6.45) is 0. The molecule has 4 nitrogen and oxygen atoms in total. The Labute approximate surface area is 132 Å². The van der Waals surface area contributed by atoms with Crippen molar-refractivity contribution in [2.45, 2.75) is 27.0 Å². The van der Waals surface area contributed by atoms with E-state index >= 15 is 0 Å². The minimum atomic E-state index is 0.419. The quantitative estimate of drug-likeness (QED) is 0.634. The first-order valence-corrected chi connectivity index (χ1v) is 7.46. The second kappa shape index (κ2) is 8.20. The summed E-state index contributed by atoms with van der Waals surface area (Å²) in [4.78, 5) is 4.36. The summed E-state index contributed by atoms with van der Waals surface area (Å²) in [6.45, 7) is 5.98. The van der Waals surface area contributed by atoms with Gasteiger partial charge in [0.25, 0.3) is 0 Å². The second-order valence-electron chi connectivity index (χ2n) is 5.15. The molecule has 2 aromatic carbocycles. The van der Waals surface area contributed by atoms with Gasteiger partial charge in [-0.25, -0.2) is 4.99 Å². The lowest BCUT2D eigenvalue weighted by Crippen LogP contribution is -2.22. The van der Waals surface area contributed by atoms with E-state index in [1.54, 1.807) is 0 Å². The van der Waals surface area contributed by atoms with E-state index in [9.17, 15) is 0 Å². The Morgan fingerprint density at radius 2 is 1.68 bits per heavy atom. The molecule has 0 aliphatic heterocycles. The Hall–Kier alpha value is -2.33. The van der Waals surface area contributed by atoms with Gasteiger partial charge in [0.2, 0.25) is 0 Å². The average molecular weight is 297 g/mol. The van der Waals surface area contributed by atoms with Crippen LogP contribution >= 0.6 is 0 Å². The molecule has 0 fully saturated rings. The molecular weight excluding hydrogens is 274 g/mol. The van der Waals surface area contributed by atoms with Crippen LogP contribution in [0.15, 0.2) is 53.5 Å². The average Bonchev–Trinajstić information content (AvgIpc) is 2.54. The highest BCUT2D eigenvalue weighted by Gasteiger charge is 1.97. The van der Waals surface area contributed by atoms with E-state index in [1.165, 1.54) is 11.1 Å². The maximum atomic E-state index is 5.91. The predicted molar refractivity (Wildman–Crippen MR) is 91.9 cm³/mol. The molecule has 116 valence electrons. The van der Waals surface area contributed by atoms with Crippen molar-refractivity contribution in [2.75, 3.05) is 11.9 Å². The molecule has 0 amide bonds. The highest BCUT2D eigenvalue weighted by molar-refractivity contribution is 5.92. The predicted octanol–water partition coefficient (Wildman–Crippen LogP) is 3.46. The third-order valence-electron chi connectivity index (χ3n) is 3.25. The van der Waals surface area contributed by atoms with Crippen LogP contribution in [0.1, 0.15) is 23.6 Å². The second-order valence-corrected chi connectivity index (χ2v) is 5.15. The zero-order valence-electron chi connectivity index (χ0n) is 13.2. The van der Waals surface area contributed by atoms with E-state index in [1.807, 2.05) is 31.2 Å². The molecular formula is C18H23N3O. The third kappa shape index (κ3) is 5.22. The molecule has 0 heterocycles. The van der Waals surface area contributed by atoms with Gasteiger partial charge in [-0.3, -0.25) is 0 Å². The number of nitrogens with two attached hydrogens (primary N) is 1. The van der Waals surface area contributed by atoms with Crippen molar-refractivity contribution < 1.29 is 4.74 Å². The first kappa shape index (κ1) is 16.0. The Kier molecular flexibility index (Phi) is 5.98. The fourth-order valence-electron chi connectivity index (χ4n) is 1.96. The van der Waals surface area contributed by atoms with Gasteiger partial charge in [0.1, 0.15) is 0 Å². The van der Waals surface area contributed by atoms with Gasteiger partial charge >= 0.3 is 0 Å². The summed E-state index contributed by atoms with van der Waals surface area (Å²) in [7, 11) is 0. The number of ether oxygens (including phenoxy) is 1. The monoisotopic (exact) mass is 297 g/mol. The van der Waals surface area contributed by atoms with E-state index in [0.29, 0.717) is 19.1 Å². The van der Waals surface area contributed by atoms with Crippen molar-refractivity contribution >= 4 is 11.6 Å². The number of rotatable bonds is 6. The molecule has 0 aliphatic carbocycles. The zero-order chi connectivity index (χ0) is 15.8. The molecule has 3 N–H and O–H groups in total. The number of hydrogen-bond acceptors (Lipinski definition) is 2. The van der Waals surface area contributed by atoms with Crippen LogP contribution in [0.25, 0.3) is 0 Å². The number of anilines is 1. The number of benzene rings is 2. The highest BCUT2D eigenvalue weighted by Crippen LogP contribution is 2.09. The molecule has 22 heavy (non-hydrogen) atoms. The maximum absolute atomic E-state index is 5.91. The van der Waals surface area contributed by atoms with E-state index < -0.39 is 0 Å². The minimum Gasteiger partial charge on any atom is -0.377 e. The number of nitrogens with one attached hydrogen (secondary N) is 1. The van der Waals surface area contributed by atoms with E-state index in [0.717, 1.165) is 17.9 Å². The Morgan fingerprint density at radius 3 is 2.32 bits per heavy atom. The highest BCUT2D eigenvalue weighted by atomic mass is 16.5. The van der Waals surface area contributed by atoms with Gasteiger partial charge in [-0.2, -0.15) is 0 Å². The SMILES string of the molecule is CCOCc1ccc(CN=C(N)Nc2ccc(C)cc2)cc1. The topological polar surface area (TPSA) is 59.6 Å². The van der Waals surface area contributed by atoms with Crippen LogP contribution in [-0.4, -0.2) is 12.6 Å². The van der Waals surface area contributed by atoms with Crippen molar-refractivity contribution in [1.82, 2.24) is 0 Å². The van der Waals surface area contributed by atoms with Crippen LogP contribution in [0, 0.1) is 6.92 Å². The molecule has 0 saturated carbocycles. The zero-order valence-corrected chi connectivity index (χ0v) is 13.2. The molecule has 0 radical (unpaired) electrons. The molecule has 2 aromatic rings. The van der Waals surface area contributed by atoms with Gasteiger partial charge in [-0.05, 0) is 37.1 Å². The van der Waals surface area contributed by atoms with Gasteiger partial charge < -0.3 is 15.8 Å². The van der Waals surface area contributed by atoms with Gasteiger partial charge in [0, 0.05) is 12.3 Å². The first-order chi connectivity index (χ1) is 10.7. The van der Waals surface area contributed by atoms with Crippen LogP contribution in [0.3, 0.4) is 0 Å². The van der Waals surface area contributed by atoms with Gasteiger partial charge in [-0.1, -0.05) is 42.0 Å². The van der Waals surface area contributed by atoms with Crippen molar-refractivity contribution in [2.24, 2.45) is 10.7 Å². The molecule has 2 rings (SSSR count). The number of guanidine groups is 1. The molecule has 0 bridgehead atoms. The summed E-state index contributed by atoms with van der Waals surface area (Å²) < 4.78 is 5.37. The third-order valence-corrected chi connectivity index (χ3v) is 3.25. The summed E-state index contributed by atoms with van der Waals surface area (Å²) in [5, 5.41) is 3.09. The van der Waals surface area contributed by atoms with Crippen LogP contribution in [0.5, 0.6) is 0 Å². The molecule has 0 saturated heterocycles. The first-order valence-electron chi connectivity index (χ1n) is 7.46. The lowest BCUT2D eigenvalue weighted by Gasteiger charge is -2.06. The fourth-order valence-corrected chi connectivity index (χ4v) is 1.96. The van der Waals surface area contributed by atoms with E-state index in [4.69, 9.17) is 10.5 Å². The molecule has 0 spiro atoms. The van der Waals surface area contributed by atoms with Crippen molar-refractivity contribution in [3.05, 3.63) is 65.2 Å². The van der Waals surface area contributed by atoms with Crippen LogP contribution in [0.2, 0.25) is 0 Å². The summed E-state index contributed by atoms with van der Waals surface area (Å²) in [6, 6.07) is 16.3. The van der Waals surface area contributed by atoms with Crippen molar-refractivity contribution in [3.8, 4) is 0 Å². The van der Waals surface area contributed by atoms with Gasteiger partial charge in [0.05, 0.1) is 13.2 Å². The molecule has 0 aromatic heterocycles. The van der Waals surface area contributed by atoms with E-state index in [2.05, 4.69) is 41.5 Å². The summed E-state index contributed by atoms with van der Waals surface area (Å²) in [5.74, 6) is 0.419. The Balaban J connectivity index is 1.88. The number of hydrogen-bond donors (Lipinski definition) is 2. The number of nitrogens with zero attached hydrogens (tertiary/aromatic N) is 1. The van der Waals surface area contributed by atoms with Crippen LogP contribution in [-0.2, 0) is 17.9 Å².